The average molecular weight is 482 g/mol. The highest BCUT2D eigenvalue weighted by atomic mass is 19.4. The quantitative estimate of drug-likeness (QED) is 0.268. The summed E-state index contributed by atoms with van der Waals surface area (Å²) >= 11 is 0. The fourth-order valence-corrected chi connectivity index (χ4v) is 3.13. The van der Waals surface area contributed by atoms with E-state index in [1.807, 2.05) is 0 Å². The summed E-state index contributed by atoms with van der Waals surface area (Å²) < 4.78 is 99.6. The second-order valence-corrected chi connectivity index (χ2v) is 7.02. The van der Waals surface area contributed by atoms with Crippen LogP contribution in [0.5, 0.6) is 11.6 Å². The Morgan fingerprint density at radius 1 is 0.853 bits per heavy atom. The first-order valence-electron chi connectivity index (χ1n) is 9.65. The van der Waals surface area contributed by atoms with Gasteiger partial charge in [-0.15, -0.1) is 0 Å². The molecule has 0 atom stereocenters. The third kappa shape index (κ3) is 4.85. The van der Waals surface area contributed by atoms with Gasteiger partial charge >= 0.3 is 6.18 Å². The molecule has 4 aromatic rings. The van der Waals surface area contributed by atoms with Gasteiger partial charge < -0.3 is 10.1 Å². The minimum Gasteiger partial charge on any atom is -0.436 e. The van der Waals surface area contributed by atoms with Crippen molar-refractivity contribution in [3.05, 3.63) is 83.3 Å². The van der Waals surface area contributed by atoms with E-state index < -0.39 is 51.8 Å². The van der Waals surface area contributed by atoms with Gasteiger partial charge in [0.25, 0.3) is 0 Å². The molecule has 4 rings (SSSR count). The highest BCUT2D eigenvalue weighted by molar-refractivity contribution is 5.89. The van der Waals surface area contributed by atoms with Crippen LogP contribution in [-0.4, -0.2) is 21.5 Å². The van der Waals surface area contributed by atoms with Crippen LogP contribution in [0.15, 0.2) is 48.9 Å². The molecule has 5 nitrogen and oxygen atoms in total. The van der Waals surface area contributed by atoms with E-state index in [-0.39, 0.29) is 24.5 Å². The maximum Gasteiger partial charge on any atom is 0.416 e. The third-order valence-corrected chi connectivity index (χ3v) is 4.74. The zero-order valence-electron chi connectivity index (χ0n) is 16.9. The second kappa shape index (κ2) is 9.12. The molecule has 0 saturated heterocycles. The van der Waals surface area contributed by atoms with Crippen molar-refractivity contribution in [3.63, 3.8) is 0 Å². The maximum absolute atomic E-state index is 14.4. The highest BCUT2D eigenvalue weighted by Crippen LogP contribution is 2.32. The summed E-state index contributed by atoms with van der Waals surface area (Å²) in [7, 11) is 0. The zero-order chi connectivity index (χ0) is 24.5. The maximum atomic E-state index is 14.4. The number of hydrogen-bond acceptors (Lipinski definition) is 5. The lowest BCUT2D eigenvalue weighted by atomic mass is 10.1. The van der Waals surface area contributed by atoms with Gasteiger partial charge in [-0.2, -0.15) is 13.2 Å². The lowest BCUT2D eigenvalue weighted by molar-refractivity contribution is -0.137. The number of rotatable bonds is 6. The number of alkyl halides is 3. The Morgan fingerprint density at radius 2 is 1.65 bits per heavy atom. The summed E-state index contributed by atoms with van der Waals surface area (Å²) in [6, 6.07) is 5.57. The molecule has 0 unspecified atom stereocenters. The van der Waals surface area contributed by atoms with E-state index in [4.69, 9.17) is 4.74 Å². The van der Waals surface area contributed by atoms with Crippen LogP contribution in [0.2, 0.25) is 0 Å². The monoisotopic (exact) mass is 482 g/mol. The predicted octanol–water partition coefficient (Wildman–Crippen LogP) is 6.05. The van der Waals surface area contributed by atoms with Crippen LogP contribution >= 0.6 is 0 Å². The van der Waals surface area contributed by atoms with Crippen LogP contribution in [0, 0.1) is 23.3 Å². The number of nitrogens with zero attached hydrogens (tertiary/aromatic N) is 3. The first-order valence-corrected chi connectivity index (χ1v) is 9.65. The van der Waals surface area contributed by atoms with Gasteiger partial charge in [-0.25, -0.2) is 32.5 Å². The topological polar surface area (TPSA) is 59.9 Å². The fraction of sp³-hybridized carbons (Fsp3) is 0.136. The first-order chi connectivity index (χ1) is 16.1. The van der Waals surface area contributed by atoms with E-state index in [0.29, 0.717) is 17.7 Å². The fourth-order valence-electron chi connectivity index (χ4n) is 3.13. The Balaban J connectivity index is 1.45. The second-order valence-electron chi connectivity index (χ2n) is 7.02. The largest absolute Gasteiger partial charge is 0.436 e. The molecule has 0 bridgehead atoms. The number of hydrogen-bond donors (Lipinski definition) is 1. The lowest BCUT2D eigenvalue weighted by Crippen LogP contribution is -2.09. The summed E-state index contributed by atoms with van der Waals surface area (Å²) in [5, 5.41) is 2.28. The van der Waals surface area contributed by atoms with E-state index >= 15 is 0 Å². The van der Waals surface area contributed by atoms with Gasteiger partial charge in [0, 0.05) is 24.9 Å². The van der Waals surface area contributed by atoms with Crippen molar-refractivity contribution in [2.24, 2.45) is 0 Å². The number of ether oxygens (including phenoxy) is 1. The zero-order valence-corrected chi connectivity index (χ0v) is 16.9. The molecule has 1 N–H and O–H groups in total. The van der Waals surface area contributed by atoms with Crippen molar-refractivity contribution in [3.8, 4) is 11.6 Å². The molecule has 0 radical (unpaired) electrons. The molecule has 2 heterocycles. The number of pyridine rings is 1. The van der Waals surface area contributed by atoms with Crippen molar-refractivity contribution in [1.82, 2.24) is 15.0 Å². The number of aromatic nitrogens is 3. The van der Waals surface area contributed by atoms with Crippen molar-refractivity contribution in [1.29, 1.82) is 0 Å². The van der Waals surface area contributed by atoms with Gasteiger partial charge in [-0.05, 0) is 30.2 Å². The Kier molecular flexibility index (Phi) is 6.22. The lowest BCUT2D eigenvalue weighted by Gasteiger charge is -2.11. The minimum atomic E-state index is -4.61. The number of fused-ring (bicyclic) bond motifs is 1. The molecule has 2 aromatic carbocycles. The highest BCUT2D eigenvalue weighted by Gasteiger charge is 2.31. The molecule has 0 spiro atoms. The summed E-state index contributed by atoms with van der Waals surface area (Å²) in [4.78, 5) is 11.1. The molecular weight excluding hydrogens is 469 g/mol. The Morgan fingerprint density at radius 3 is 2.38 bits per heavy atom. The van der Waals surface area contributed by atoms with E-state index in [2.05, 4.69) is 20.3 Å². The van der Waals surface area contributed by atoms with Crippen LogP contribution < -0.4 is 10.1 Å². The van der Waals surface area contributed by atoms with Crippen LogP contribution in [-0.2, 0) is 12.6 Å². The molecule has 0 aliphatic heterocycles. The van der Waals surface area contributed by atoms with Gasteiger partial charge in [-0.3, -0.25) is 0 Å². The molecule has 0 aliphatic carbocycles. The first kappa shape index (κ1) is 23.2. The summed E-state index contributed by atoms with van der Waals surface area (Å²) in [5.41, 5.74) is -0.938. The Bertz CT molecular complexity index is 1360. The third-order valence-electron chi connectivity index (χ3n) is 4.74. The van der Waals surface area contributed by atoms with Crippen molar-refractivity contribution in [2.75, 3.05) is 11.9 Å². The normalized spacial score (nSPS) is 11.6. The number of benzene rings is 2. The van der Waals surface area contributed by atoms with Crippen molar-refractivity contribution >= 4 is 16.7 Å². The standard InChI is InChI=1S/C22H13F7N4O/c23-13-7-11(1-2-16(13)34-17-8-12(4-6-30-17)22(27,28)29)3-5-31-21-18-19(26)14(24)9-15(25)20(18)32-10-33-21/h1-2,4,6-10H,3,5H2,(H,31,32,33). The number of nitrogens with one attached hydrogen (secondary N) is 1. The predicted molar refractivity (Wildman–Crippen MR) is 107 cm³/mol. The molecule has 0 aliphatic rings. The summed E-state index contributed by atoms with van der Waals surface area (Å²) in [6.45, 7) is 0.0819. The Hall–Kier alpha value is -3.96. The van der Waals surface area contributed by atoms with E-state index in [9.17, 15) is 30.7 Å². The van der Waals surface area contributed by atoms with Gasteiger partial charge in [0.05, 0.1) is 10.9 Å². The summed E-state index contributed by atoms with van der Waals surface area (Å²) in [6.07, 6.45) is -2.54. The van der Waals surface area contributed by atoms with Crippen LogP contribution in [0.4, 0.5) is 36.6 Å². The van der Waals surface area contributed by atoms with E-state index in [0.717, 1.165) is 24.7 Å². The van der Waals surface area contributed by atoms with E-state index in [1.165, 1.54) is 12.1 Å². The molecule has 176 valence electrons. The molecule has 0 saturated carbocycles. The smallest absolute Gasteiger partial charge is 0.416 e. The molecule has 12 heteroatoms. The van der Waals surface area contributed by atoms with Crippen LogP contribution in [0.25, 0.3) is 10.9 Å². The van der Waals surface area contributed by atoms with E-state index in [1.54, 1.807) is 0 Å². The number of halogens is 7. The molecule has 34 heavy (non-hydrogen) atoms. The molecular formula is C22H13F7N4O. The van der Waals surface area contributed by atoms with Crippen LogP contribution in [0.3, 0.4) is 0 Å². The molecule has 0 amide bonds. The van der Waals surface area contributed by atoms with Crippen LogP contribution in [0.1, 0.15) is 11.1 Å². The summed E-state index contributed by atoms with van der Waals surface area (Å²) in [5.74, 6) is -5.51. The van der Waals surface area contributed by atoms with Gasteiger partial charge in [0.2, 0.25) is 5.88 Å². The van der Waals surface area contributed by atoms with Crippen molar-refractivity contribution in [2.45, 2.75) is 12.6 Å². The van der Waals surface area contributed by atoms with Crippen molar-refractivity contribution < 1.29 is 35.5 Å². The van der Waals surface area contributed by atoms with Gasteiger partial charge in [-0.1, -0.05) is 6.07 Å². The Labute approximate surface area is 187 Å². The van der Waals surface area contributed by atoms with Gasteiger partial charge in [0.15, 0.2) is 29.0 Å². The molecule has 2 aromatic heterocycles. The average Bonchev–Trinajstić information content (AvgIpc) is 2.79. The number of anilines is 1. The minimum absolute atomic E-state index is 0.0819. The SMILES string of the molecule is Fc1cc(CCNc2ncnc3c(F)cc(F)c(F)c23)ccc1Oc1cc(C(F)(F)F)ccn1. The molecule has 0 fully saturated rings. The van der Waals surface area contributed by atoms with Gasteiger partial charge in [0.1, 0.15) is 17.7 Å².